The van der Waals surface area contributed by atoms with E-state index in [4.69, 9.17) is 0 Å². The maximum absolute atomic E-state index is 12.1. The molecule has 2 aliphatic rings. The van der Waals surface area contributed by atoms with Gasteiger partial charge in [0, 0.05) is 31.2 Å². The molecule has 4 heteroatoms. The summed E-state index contributed by atoms with van der Waals surface area (Å²) in [5, 5.41) is 3.18. The molecule has 0 radical (unpaired) electrons. The molecule has 3 rings (SSSR count). The number of rotatable bonds is 3. The summed E-state index contributed by atoms with van der Waals surface area (Å²) < 4.78 is 0. The largest absolute Gasteiger partial charge is 0.357 e. The summed E-state index contributed by atoms with van der Waals surface area (Å²) in [6.07, 6.45) is 7.38. The smallest absolute Gasteiger partial charge is 0.223 e. The average Bonchev–Trinajstić information content (AvgIpc) is 2.44. The third-order valence-corrected chi connectivity index (χ3v) is 4.54. The first kappa shape index (κ1) is 13.4. The van der Waals surface area contributed by atoms with Gasteiger partial charge in [0.1, 0.15) is 5.82 Å². The molecular formula is C16H23N3O. The maximum Gasteiger partial charge on any atom is 0.223 e. The highest BCUT2D eigenvalue weighted by atomic mass is 16.1. The highest BCUT2D eigenvalue weighted by Crippen LogP contribution is 2.24. The van der Waals surface area contributed by atoms with Crippen LogP contribution in [0.5, 0.6) is 0 Å². The number of nitrogens with one attached hydrogen (secondary N) is 1. The van der Waals surface area contributed by atoms with Gasteiger partial charge in [0.05, 0.1) is 0 Å². The number of carbonyl (C=O) groups excluding carboxylic acids is 1. The van der Waals surface area contributed by atoms with Crippen LogP contribution in [0.1, 0.15) is 37.7 Å². The van der Waals surface area contributed by atoms with Crippen LogP contribution in [-0.4, -0.2) is 30.0 Å². The summed E-state index contributed by atoms with van der Waals surface area (Å²) in [6.45, 7) is 3.91. The van der Waals surface area contributed by atoms with Crippen molar-refractivity contribution in [2.45, 2.75) is 45.1 Å². The zero-order chi connectivity index (χ0) is 13.9. The summed E-state index contributed by atoms with van der Waals surface area (Å²) in [4.78, 5) is 18.9. The van der Waals surface area contributed by atoms with Gasteiger partial charge in [0.15, 0.2) is 0 Å². The summed E-state index contributed by atoms with van der Waals surface area (Å²) in [5.41, 5.74) is 1.18. The van der Waals surface area contributed by atoms with Crippen molar-refractivity contribution in [1.82, 2.24) is 10.3 Å². The molecule has 20 heavy (non-hydrogen) atoms. The normalized spacial score (nSPS) is 20.6. The number of aryl methyl sites for hydroxylation is 1. The zero-order valence-electron chi connectivity index (χ0n) is 12.1. The van der Waals surface area contributed by atoms with E-state index in [-0.39, 0.29) is 11.8 Å². The molecule has 0 spiro atoms. The van der Waals surface area contributed by atoms with E-state index in [1.54, 1.807) is 0 Å². The van der Waals surface area contributed by atoms with E-state index in [0.717, 1.165) is 44.6 Å². The maximum atomic E-state index is 12.1. The number of hydrogen-bond donors (Lipinski definition) is 1. The minimum absolute atomic E-state index is 0.192. The van der Waals surface area contributed by atoms with Crippen molar-refractivity contribution < 1.29 is 4.79 Å². The van der Waals surface area contributed by atoms with E-state index in [1.807, 2.05) is 13.1 Å². The Labute approximate surface area is 120 Å². The van der Waals surface area contributed by atoms with Gasteiger partial charge < -0.3 is 10.2 Å². The lowest BCUT2D eigenvalue weighted by Gasteiger charge is -2.34. The van der Waals surface area contributed by atoms with Gasteiger partial charge in [-0.25, -0.2) is 4.98 Å². The second-order valence-corrected chi connectivity index (χ2v) is 6.09. The van der Waals surface area contributed by atoms with E-state index >= 15 is 0 Å². The molecule has 1 aromatic heterocycles. The molecule has 1 aromatic rings. The van der Waals surface area contributed by atoms with Gasteiger partial charge in [-0.1, -0.05) is 6.07 Å². The van der Waals surface area contributed by atoms with Crippen LogP contribution < -0.4 is 10.2 Å². The molecule has 2 heterocycles. The fourth-order valence-electron chi connectivity index (χ4n) is 2.89. The van der Waals surface area contributed by atoms with Crippen molar-refractivity contribution >= 4 is 11.7 Å². The van der Waals surface area contributed by atoms with Crippen LogP contribution in [-0.2, 0) is 4.79 Å². The number of anilines is 1. The number of carbonyl (C=O) groups is 1. The molecule has 1 N–H and O–H groups in total. The Morgan fingerprint density at radius 2 is 2.00 bits per heavy atom. The number of hydrogen-bond acceptors (Lipinski definition) is 3. The van der Waals surface area contributed by atoms with Crippen molar-refractivity contribution in [2.75, 3.05) is 18.0 Å². The summed E-state index contributed by atoms with van der Waals surface area (Å²) in [5.74, 6) is 1.50. The van der Waals surface area contributed by atoms with Crippen LogP contribution in [0.15, 0.2) is 18.3 Å². The fourth-order valence-corrected chi connectivity index (χ4v) is 2.89. The molecule has 108 valence electrons. The van der Waals surface area contributed by atoms with Gasteiger partial charge in [-0.3, -0.25) is 4.79 Å². The molecule has 0 aromatic carbocycles. The molecule has 4 nitrogen and oxygen atoms in total. The Hall–Kier alpha value is -1.58. The van der Waals surface area contributed by atoms with E-state index in [9.17, 15) is 4.79 Å². The van der Waals surface area contributed by atoms with E-state index < -0.39 is 0 Å². The van der Waals surface area contributed by atoms with Gasteiger partial charge >= 0.3 is 0 Å². The Morgan fingerprint density at radius 3 is 2.55 bits per heavy atom. The van der Waals surface area contributed by atoms with E-state index in [1.165, 1.54) is 12.0 Å². The van der Waals surface area contributed by atoms with Gasteiger partial charge in [-0.05, 0) is 50.7 Å². The molecule has 1 aliphatic heterocycles. The van der Waals surface area contributed by atoms with Crippen LogP contribution >= 0.6 is 0 Å². The third kappa shape index (κ3) is 2.94. The minimum atomic E-state index is 0.192. The average molecular weight is 273 g/mol. The van der Waals surface area contributed by atoms with Crippen LogP contribution in [0.25, 0.3) is 0 Å². The number of amides is 1. The van der Waals surface area contributed by atoms with Crippen molar-refractivity contribution in [2.24, 2.45) is 5.92 Å². The quantitative estimate of drug-likeness (QED) is 0.919. The third-order valence-electron chi connectivity index (χ3n) is 4.54. The van der Waals surface area contributed by atoms with Gasteiger partial charge in [-0.15, -0.1) is 0 Å². The lowest BCUT2D eigenvalue weighted by molar-refractivity contribution is -0.126. The fraction of sp³-hybridized carbons (Fsp3) is 0.625. The van der Waals surface area contributed by atoms with E-state index in [2.05, 4.69) is 27.3 Å². The molecule has 1 aliphatic carbocycles. The molecule has 0 bridgehead atoms. The Kier molecular flexibility index (Phi) is 3.90. The monoisotopic (exact) mass is 273 g/mol. The Morgan fingerprint density at radius 1 is 1.25 bits per heavy atom. The second-order valence-electron chi connectivity index (χ2n) is 6.09. The SMILES string of the molecule is Cc1ccc(N2CCC(C(=O)NC3CCC3)CC2)nc1. The Balaban J connectivity index is 1.51. The van der Waals surface area contributed by atoms with Gasteiger partial charge in [0.2, 0.25) is 5.91 Å². The highest BCUT2D eigenvalue weighted by molar-refractivity contribution is 5.79. The molecule has 1 saturated carbocycles. The first-order valence-corrected chi connectivity index (χ1v) is 7.70. The summed E-state index contributed by atoms with van der Waals surface area (Å²) in [7, 11) is 0. The number of pyridine rings is 1. The highest BCUT2D eigenvalue weighted by Gasteiger charge is 2.28. The lowest BCUT2D eigenvalue weighted by Crippen LogP contribution is -2.46. The first-order valence-electron chi connectivity index (χ1n) is 7.70. The summed E-state index contributed by atoms with van der Waals surface area (Å²) >= 11 is 0. The molecule has 1 amide bonds. The molecule has 0 unspecified atom stereocenters. The van der Waals surface area contributed by atoms with E-state index in [0.29, 0.717) is 6.04 Å². The molecule has 0 atom stereocenters. The minimum Gasteiger partial charge on any atom is -0.357 e. The number of nitrogens with zero attached hydrogens (tertiary/aromatic N) is 2. The van der Waals surface area contributed by atoms with Crippen LogP contribution in [0, 0.1) is 12.8 Å². The van der Waals surface area contributed by atoms with Crippen molar-refractivity contribution in [3.05, 3.63) is 23.9 Å². The van der Waals surface area contributed by atoms with Crippen molar-refractivity contribution in [3.8, 4) is 0 Å². The summed E-state index contributed by atoms with van der Waals surface area (Å²) in [6, 6.07) is 4.63. The number of piperidine rings is 1. The molecular weight excluding hydrogens is 250 g/mol. The van der Waals surface area contributed by atoms with Gasteiger partial charge in [0.25, 0.3) is 0 Å². The van der Waals surface area contributed by atoms with Crippen LogP contribution in [0.4, 0.5) is 5.82 Å². The second kappa shape index (κ2) is 5.81. The standard InChI is InChI=1S/C16H23N3O/c1-12-5-6-15(17-11-12)19-9-7-13(8-10-19)16(20)18-14-3-2-4-14/h5-6,11,13-14H,2-4,7-10H2,1H3,(H,18,20). The first-order chi connectivity index (χ1) is 9.72. The van der Waals surface area contributed by atoms with Crippen molar-refractivity contribution in [1.29, 1.82) is 0 Å². The molecule has 2 fully saturated rings. The van der Waals surface area contributed by atoms with Gasteiger partial charge in [-0.2, -0.15) is 0 Å². The van der Waals surface area contributed by atoms with Crippen LogP contribution in [0.3, 0.4) is 0 Å². The van der Waals surface area contributed by atoms with Crippen LogP contribution in [0.2, 0.25) is 0 Å². The predicted molar refractivity (Wildman–Crippen MR) is 79.7 cm³/mol. The number of aromatic nitrogens is 1. The predicted octanol–water partition coefficient (Wildman–Crippen LogP) is 2.28. The molecule has 1 saturated heterocycles. The Bertz CT molecular complexity index is 459. The topological polar surface area (TPSA) is 45.2 Å². The lowest BCUT2D eigenvalue weighted by atomic mass is 9.90. The van der Waals surface area contributed by atoms with Crippen molar-refractivity contribution in [3.63, 3.8) is 0 Å². The zero-order valence-corrected chi connectivity index (χ0v) is 12.1.